The molecule has 1 aromatic rings. The van der Waals surface area contributed by atoms with Crippen molar-refractivity contribution >= 4 is 17.3 Å². The molecule has 4 heteroatoms. The van der Waals surface area contributed by atoms with Crippen LogP contribution in [0.25, 0.3) is 0 Å². The smallest absolute Gasteiger partial charge is 0.337 e. The molecule has 98 valence electrons. The number of benzene rings is 1. The van der Waals surface area contributed by atoms with Gasteiger partial charge in [-0.25, -0.2) is 4.79 Å². The lowest BCUT2D eigenvalue weighted by Crippen LogP contribution is -2.22. The van der Waals surface area contributed by atoms with E-state index in [0.29, 0.717) is 17.3 Å². The molecule has 1 saturated carbocycles. The van der Waals surface area contributed by atoms with Gasteiger partial charge in [0.25, 0.3) is 0 Å². The average molecular weight is 248 g/mol. The van der Waals surface area contributed by atoms with E-state index in [1.807, 2.05) is 6.07 Å². The van der Waals surface area contributed by atoms with Gasteiger partial charge in [-0.05, 0) is 31.0 Å². The molecule has 0 aromatic heterocycles. The van der Waals surface area contributed by atoms with Crippen LogP contribution >= 0.6 is 0 Å². The normalized spacial score (nSPS) is 16.3. The van der Waals surface area contributed by atoms with Crippen molar-refractivity contribution in [2.24, 2.45) is 0 Å². The van der Waals surface area contributed by atoms with Gasteiger partial charge in [-0.1, -0.05) is 19.3 Å². The summed E-state index contributed by atoms with van der Waals surface area (Å²) in [5.41, 5.74) is 7.96. The van der Waals surface area contributed by atoms with Crippen molar-refractivity contribution in [1.82, 2.24) is 0 Å². The number of carbonyl (C=O) groups excluding carboxylic acids is 1. The van der Waals surface area contributed by atoms with Gasteiger partial charge in [0.15, 0.2) is 0 Å². The maximum absolute atomic E-state index is 11.4. The van der Waals surface area contributed by atoms with Crippen LogP contribution in [0, 0.1) is 0 Å². The van der Waals surface area contributed by atoms with Gasteiger partial charge in [-0.3, -0.25) is 0 Å². The molecule has 0 aliphatic heterocycles. The molecule has 0 radical (unpaired) electrons. The topological polar surface area (TPSA) is 64.3 Å². The van der Waals surface area contributed by atoms with Gasteiger partial charge < -0.3 is 15.8 Å². The Balaban J connectivity index is 2.07. The molecule has 0 unspecified atom stereocenters. The number of rotatable bonds is 3. The highest BCUT2D eigenvalue weighted by atomic mass is 16.5. The Kier molecular flexibility index (Phi) is 4.07. The first-order chi connectivity index (χ1) is 8.70. The number of nitrogen functional groups attached to an aromatic ring is 1. The predicted octanol–water partition coefficient (Wildman–Crippen LogP) is 2.80. The van der Waals surface area contributed by atoms with Crippen molar-refractivity contribution in [3.8, 4) is 0 Å². The van der Waals surface area contributed by atoms with E-state index in [1.165, 1.54) is 39.2 Å². The van der Waals surface area contributed by atoms with E-state index in [-0.39, 0.29) is 5.97 Å². The second-order valence-electron chi connectivity index (χ2n) is 4.77. The van der Waals surface area contributed by atoms with Gasteiger partial charge in [0.2, 0.25) is 0 Å². The van der Waals surface area contributed by atoms with Crippen molar-refractivity contribution in [3.63, 3.8) is 0 Å². The molecule has 0 bridgehead atoms. The van der Waals surface area contributed by atoms with Crippen LogP contribution in [0.5, 0.6) is 0 Å². The maximum atomic E-state index is 11.4. The van der Waals surface area contributed by atoms with E-state index >= 15 is 0 Å². The Bertz CT molecular complexity index is 426. The van der Waals surface area contributed by atoms with Crippen molar-refractivity contribution in [1.29, 1.82) is 0 Å². The molecule has 0 spiro atoms. The molecule has 0 amide bonds. The van der Waals surface area contributed by atoms with E-state index in [9.17, 15) is 4.79 Å². The molecule has 1 aromatic carbocycles. The summed E-state index contributed by atoms with van der Waals surface area (Å²) in [4.78, 5) is 11.4. The highest BCUT2D eigenvalue weighted by Gasteiger charge is 2.15. The highest BCUT2D eigenvalue weighted by molar-refractivity contribution is 5.91. The van der Waals surface area contributed by atoms with E-state index in [1.54, 1.807) is 12.1 Å². The maximum Gasteiger partial charge on any atom is 0.337 e. The van der Waals surface area contributed by atoms with Gasteiger partial charge in [-0.15, -0.1) is 0 Å². The fourth-order valence-electron chi connectivity index (χ4n) is 2.41. The molecular formula is C14H20N2O2. The number of hydrogen-bond donors (Lipinski definition) is 2. The fourth-order valence-corrected chi connectivity index (χ4v) is 2.41. The minimum absolute atomic E-state index is 0.356. The minimum atomic E-state index is -0.356. The van der Waals surface area contributed by atoms with Gasteiger partial charge in [0.1, 0.15) is 0 Å². The van der Waals surface area contributed by atoms with E-state index < -0.39 is 0 Å². The summed E-state index contributed by atoms with van der Waals surface area (Å²) in [6.45, 7) is 0. The molecule has 0 heterocycles. The summed E-state index contributed by atoms with van der Waals surface area (Å²) in [6, 6.07) is 5.77. The first kappa shape index (κ1) is 12.7. The van der Waals surface area contributed by atoms with Crippen LogP contribution in [-0.4, -0.2) is 19.1 Å². The molecular weight excluding hydrogens is 228 g/mol. The van der Waals surface area contributed by atoms with Crippen LogP contribution in [0.15, 0.2) is 18.2 Å². The van der Waals surface area contributed by atoms with Crippen LogP contribution in [0.1, 0.15) is 42.5 Å². The quantitative estimate of drug-likeness (QED) is 0.637. The number of methoxy groups -OCH3 is 1. The molecule has 18 heavy (non-hydrogen) atoms. The summed E-state index contributed by atoms with van der Waals surface area (Å²) in [5, 5.41) is 3.46. The third-order valence-corrected chi connectivity index (χ3v) is 3.44. The van der Waals surface area contributed by atoms with Crippen molar-refractivity contribution < 1.29 is 9.53 Å². The molecule has 2 rings (SSSR count). The Morgan fingerprint density at radius 3 is 2.67 bits per heavy atom. The Labute approximate surface area is 108 Å². The van der Waals surface area contributed by atoms with Gasteiger partial charge >= 0.3 is 5.97 Å². The molecule has 0 atom stereocenters. The third-order valence-electron chi connectivity index (χ3n) is 3.44. The zero-order chi connectivity index (χ0) is 13.0. The summed E-state index contributed by atoms with van der Waals surface area (Å²) in [6.07, 6.45) is 6.26. The number of esters is 1. The standard InChI is InChI=1S/C14H20N2O2/c1-18-14(17)10-7-8-13(12(15)9-10)16-11-5-3-2-4-6-11/h7-9,11,16H,2-6,15H2,1H3. The summed E-state index contributed by atoms with van der Waals surface area (Å²) < 4.78 is 4.67. The second-order valence-corrected chi connectivity index (χ2v) is 4.77. The van der Waals surface area contributed by atoms with E-state index in [4.69, 9.17) is 5.73 Å². The molecule has 0 saturated heterocycles. The molecule has 3 N–H and O–H groups in total. The average Bonchev–Trinajstić information content (AvgIpc) is 2.41. The summed E-state index contributed by atoms with van der Waals surface area (Å²) in [7, 11) is 1.37. The molecule has 1 fully saturated rings. The number of carbonyl (C=O) groups is 1. The van der Waals surface area contributed by atoms with Crippen LogP contribution in [0.2, 0.25) is 0 Å². The minimum Gasteiger partial charge on any atom is -0.465 e. The van der Waals surface area contributed by atoms with Crippen molar-refractivity contribution in [3.05, 3.63) is 23.8 Å². The Morgan fingerprint density at radius 1 is 1.33 bits per heavy atom. The highest BCUT2D eigenvalue weighted by Crippen LogP contribution is 2.26. The number of nitrogens with one attached hydrogen (secondary N) is 1. The fraction of sp³-hybridized carbons (Fsp3) is 0.500. The first-order valence-corrected chi connectivity index (χ1v) is 6.45. The molecule has 4 nitrogen and oxygen atoms in total. The number of nitrogens with two attached hydrogens (primary N) is 1. The summed E-state index contributed by atoms with van der Waals surface area (Å²) in [5.74, 6) is -0.356. The van der Waals surface area contributed by atoms with E-state index in [0.717, 1.165) is 5.69 Å². The lowest BCUT2D eigenvalue weighted by molar-refractivity contribution is 0.0601. The van der Waals surface area contributed by atoms with Gasteiger partial charge in [-0.2, -0.15) is 0 Å². The summed E-state index contributed by atoms with van der Waals surface area (Å²) >= 11 is 0. The largest absolute Gasteiger partial charge is 0.465 e. The van der Waals surface area contributed by atoms with Crippen LogP contribution in [0.4, 0.5) is 11.4 Å². The van der Waals surface area contributed by atoms with Crippen molar-refractivity contribution in [2.45, 2.75) is 38.1 Å². The van der Waals surface area contributed by atoms with E-state index in [2.05, 4.69) is 10.1 Å². The first-order valence-electron chi connectivity index (χ1n) is 6.45. The third kappa shape index (κ3) is 2.94. The van der Waals surface area contributed by atoms with Crippen molar-refractivity contribution in [2.75, 3.05) is 18.2 Å². The number of hydrogen-bond acceptors (Lipinski definition) is 4. The Morgan fingerprint density at radius 2 is 2.06 bits per heavy atom. The monoisotopic (exact) mass is 248 g/mol. The lowest BCUT2D eigenvalue weighted by atomic mass is 9.95. The predicted molar refractivity (Wildman–Crippen MR) is 72.7 cm³/mol. The Hall–Kier alpha value is -1.71. The van der Waals surface area contributed by atoms with Crippen LogP contribution < -0.4 is 11.1 Å². The molecule has 1 aliphatic rings. The SMILES string of the molecule is COC(=O)c1ccc(NC2CCCCC2)c(N)c1. The van der Waals surface area contributed by atoms with Gasteiger partial charge in [0.05, 0.1) is 24.0 Å². The van der Waals surface area contributed by atoms with Gasteiger partial charge in [0, 0.05) is 6.04 Å². The molecule has 1 aliphatic carbocycles. The number of ether oxygens (including phenoxy) is 1. The van der Waals surface area contributed by atoms with Crippen LogP contribution in [-0.2, 0) is 4.74 Å². The van der Waals surface area contributed by atoms with Crippen LogP contribution in [0.3, 0.4) is 0 Å². The second kappa shape index (κ2) is 5.76. The zero-order valence-electron chi connectivity index (χ0n) is 10.7. The zero-order valence-corrected chi connectivity index (χ0v) is 10.7. The number of anilines is 2. The lowest BCUT2D eigenvalue weighted by Gasteiger charge is -2.24.